The van der Waals surface area contributed by atoms with E-state index in [1.54, 1.807) is 0 Å². The third-order valence-electron chi connectivity index (χ3n) is 1.23. The monoisotopic (exact) mass is 155 g/mol. The van der Waals surface area contributed by atoms with E-state index in [1.165, 1.54) is 19.3 Å². The Balaban J connectivity index is 2.79. The first-order valence-corrected chi connectivity index (χ1v) is 3.09. The van der Waals surface area contributed by atoms with Gasteiger partial charge in [0.1, 0.15) is 6.10 Å². The quantitative estimate of drug-likeness (QED) is 0.659. The van der Waals surface area contributed by atoms with Crippen LogP contribution >= 0.6 is 0 Å². The Hall–Kier alpha value is -1.29. The lowest BCUT2D eigenvalue weighted by atomic mass is 10.3. The van der Waals surface area contributed by atoms with Gasteiger partial charge < -0.3 is 14.4 Å². The molecule has 1 N–H and O–H groups in total. The highest BCUT2D eigenvalue weighted by Gasteiger charge is 2.09. The molecule has 1 atom stereocenters. The first-order valence-electron chi connectivity index (χ1n) is 3.09. The molecule has 0 saturated heterocycles. The molecular weight excluding hydrogens is 146 g/mol. The number of nitrogens with zero attached hydrogens (tertiary/aromatic N) is 1. The van der Waals surface area contributed by atoms with Crippen LogP contribution in [0.4, 0.5) is 0 Å². The number of methoxy groups -OCH3 is 1. The molecule has 60 valence electrons. The van der Waals surface area contributed by atoms with Crippen molar-refractivity contribution in [3.05, 3.63) is 24.5 Å². The summed E-state index contributed by atoms with van der Waals surface area (Å²) in [6.45, 7) is 3.39. The van der Waals surface area contributed by atoms with Crippen LogP contribution in [0.2, 0.25) is 0 Å². The summed E-state index contributed by atoms with van der Waals surface area (Å²) >= 11 is 0. The molecule has 0 fully saturated rings. The minimum Gasteiger partial charge on any atom is -0.479 e. The molecule has 1 heterocycles. The van der Waals surface area contributed by atoms with E-state index in [2.05, 4.69) is 11.7 Å². The van der Waals surface area contributed by atoms with Crippen molar-refractivity contribution >= 4 is 0 Å². The molecular formula is C7H9NO3. The van der Waals surface area contributed by atoms with Crippen molar-refractivity contribution < 1.29 is 14.4 Å². The summed E-state index contributed by atoms with van der Waals surface area (Å²) in [5.41, 5.74) is 0. The van der Waals surface area contributed by atoms with Crippen molar-refractivity contribution in [3.8, 4) is 5.88 Å². The molecule has 0 bridgehead atoms. The van der Waals surface area contributed by atoms with E-state index in [0.717, 1.165) is 0 Å². The van der Waals surface area contributed by atoms with Crippen LogP contribution in [-0.4, -0.2) is 17.4 Å². The van der Waals surface area contributed by atoms with Gasteiger partial charge >= 0.3 is 0 Å². The molecule has 1 unspecified atom stereocenters. The van der Waals surface area contributed by atoms with Gasteiger partial charge in [-0.3, -0.25) is 0 Å². The lowest BCUT2D eigenvalue weighted by Gasteiger charge is -1.94. The van der Waals surface area contributed by atoms with Crippen LogP contribution in [0.25, 0.3) is 0 Å². The largest absolute Gasteiger partial charge is 0.479 e. The van der Waals surface area contributed by atoms with E-state index in [1.807, 2.05) is 0 Å². The SMILES string of the molecule is C=CC(O)c1cc(OC)no1. The molecule has 0 saturated carbocycles. The van der Waals surface area contributed by atoms with Gasteiger partial charge in [-0.05, 0) is 5.16 Å². The highest BCUT2D eigenvalue weighted by atomic mass is 16.5. The minimum atomic E-state index is -0.814. The van der Waals surface area contributed by atoms with Crippen LogP contribution in [0.15, 0.2) is 23.2 Å². The fraction of sp³-hybridized carbons (Fsp3) is 0.286. The molecule has 11 heavy (non-hydrogen) atoms. The van der Waals surface area contributed by atoms with Gasteiger partial charge in [-0.2, -0.15) is 0 Å². The number of hydrogen-bond acceptors (Lipinski definition) is 4. The Morgan fingerprint density at radius 1 is 1.91 bits per heavy atom. The Bertz CT molecular complexity index is 244. The lowest BCUT2D eigenvalue weighted by Crippen LogP contribution is -1.88. The van der Waals surface area contributed by atoms with Gasteiger partial charge in [0, 0.05) is 6.07 Å². The van der Waals surface area contributed by atoms with Crippen molar-refractivity contribution in [2.24, 2.45) is 0 Å². The average molecular weight is 155 g/mol. The second kappa shape index (κ2) is 3.21. The highest BCUT2D eigenvalue weighted by molar-refractivity contribution is 5.15. The lowest BCUT2D eigenvalue weighted by molar-refractivity contribution is 0.182. The zero-order valence-electron chi connectivity index (χ0n) is 6.15. The van der Waals surface area contributed by atoms with Crippen LogP contribution < -0.4 is 4.74 Å². The first-order chi connectivity index (χ1) is 5.27. The molecule has 4 heteroatoms. The molecule has 0 aliphatic carbocycles. The summed E-state index contributed by atoms with van der Waals surface area (Å²) in [7, 11) is 1.47. The van der Waals surface area contributed by atoms with Gasteiger partial charge in [0.15, 0.2) is 5.76 Å². The third kappa shape index (κ3) is 1.59. The predicted molar refractivity (Wildman–Crippen MR) is 38.2 cm³/mol. The van der Waals surface area contributed by atoms with Gasteiger partial charge in [0.05, 0.1) is 7.11 Å². The van der Waals surface area contributed by atoms with Crippen LogP contribution in [0, 0.1) is 0 Å². The standard InChI is InChI=1S/C7H9NO3/c1-3-5(9)6-4-7(10-2)8-11-6/h3-5,9H,1H2,2H3. The Labute approximate surface area is 64.1 Å². The first kappa shape index (κ1) is 7.81. The van der Waals surface area contributed by atoms with E-state index in [9.17, 15) is 0 Å². The van der Waals surface area contributed by atoms with Crippen molar-refractivity contribution in [1.82, 2.24) is 5.16 Å². The number of aliphatic hydroxyl groups excluding tert-OH is 1. The Morgan fingerprint density at radius 2 is 2.64 bits per heavy atom. The van der Waals surface area contributed by atoms with E-state index in [-0.39, 0.29) is 0 Å². The second-order valence-corrected chi connectivity index (χ2v) is 1.95. The van der Waals surface area contributed by atoms with E-state index in [4.69, 9.17) is 14.4 Å². The molecule has 1 aromatic rings. The van der Waals surface area contributed by atoms with Crippen LogP contribution in [-0.2, 0) is 0 Å². The summed E-state index contributed by atoms with van der Waals surface area (Å²) in [4.78, 5) is 0. The molecule has 0 aliphatic rings. The van der Waals surface area contributed by atoms with Crippen molar-refractivity contribution in [1.29, 1.82) is 0 Å². The molecule has 1 rings (SSSR count). The van der Waals surface area contributed by atoms with Crippen LogP contribution in [0.5, 0.6) is 5.88 Å². The smallest absolute Gasteiger partial charge is 0.254 e. The maximum absolute atomic E-state index is 9.13. The number of ether oxygens (including phenoxy) is 1. The maximum atomic E-state index is 9.13. The predicted octanol–water partition coefficient (Wildman–Crippen LogP) is 0.903. The molecule has 0 aromatic carbocycles. The third-order valence-corrected chi connectivity index (χ3v) is 1.23. The van der Waals surface area contributed by atoms with Gasteiger partial charge in [-0.1, -0.05) is 6.08 Å². The van der Waals surface area contributed by atoms with Crippen molar-refractivity contribution in [3.63, 3.8) is 0 Å². The summed E-state index contributed by atoms with van der Waals surface area (Å²) in [5.74, 6) is 0.678. The summed E-state index contributed by atoms with van der Waals surface area (Å²) < 4.78 is 9.45. The van der Waals surface area contributed by atoms with Crippen molar-refractivity contribution in [2.45, 2.75) is 6.10 Å². The molecule has 0 radical (unpaired) electrons. The number of rotatable bonds is 3. The summed E-state index contributed by atoms with van der Waals surface area (Å²) in [6, 6.07) is 1.51. The van der Waals surface area contributed by atoms with Gasteiger partial charge in [0.25, 0.3) is 5.88 Å². The van der Waals surface area contributed by atoms with Crippen LogP contribution in [0.1, 0.15) is 11.9 Å². The molecule has 0 amide bonds. The van der Waals surface area contributed by atoms with Crippen molar-refractivity contribution in [2.75, 3.05) is 7.11 Å². The minimum absolute atomic E-state index is 0.330. The summed E-state index contributed by atoms with van der Waals surface area (Å²) in [5, 5.41) is 12.6. The second-order valence-electron chi connectivity index (χ2n) is 1.95. The topological polar surface area (TPSA) is 55.5 Å². The Kier molecular flexibility index (Phi) is 2.28. The molecule has 0 spiro atoms. The fourth-order valence-corrected chi connectivity index (χ4v) is 0.624. The van der Waals surface area contributed by atoms with E-state index < -0.39 is 6.10 Å². The van der Waals surface area contributed by atoms with Gasteiger partial charge in [-0.15, -0.1) is 6.58 Å². The molecule has 4 nitrogen and oxygen atoms in total. The number of aromatic nitrogens is 1. The van der Waals surface area contributed by atoms with Gasteiger partial charge in [-0.25, -0.2) is 0 Å². The van der Waals surface area contributed by atoms with E-state index >= 15 is 0 Å². The molecule has 0 aliphatic heterocycles. The maximum Gasteiger partial charge on any atom is 0.254 e. The normalized spacial score (nSPS) is 12.5. The summed E-state index contributed by atoms with van der Waals surface area (Å²) in [6.07, 6.45) is 0.534. The number of aliphatic hydroxyl groups is 1. The van der Waals surface area contributed by atoms with Gasteiger partial charge in [0.2, 0.25) is 0 Å². The molecule has 1 aromatic heterocycles. The highest BCUT2D eigenvalue weighted by Crippen LogP contribution is 2.18. The van der Waals surface area contributed by atoms with Crippen LogP contribution in [0.3, 0.4) is 0 Å². The fourth-order valence-electron chi connectivity index (χ4n) is 0.624. The zero-order valence-corrected chi connectivity index (χ0v) is 6.15. The number of hydrogen-bond donors (Lipinski definition) is 1. The average Bonchev–Trinajstić information content (AvgIpc) is 2.50. The Morgan fingerprint density at radius 3 is 3.09 bits per heavy atom. The zero-order chi connectivity index (χ0) is 8.27. The van der Waals surface area contributed by atoms with E-state index in [0.29, 0.717) is 11.6 Å².